The van der Waals surface area contributed by atoms with Crippen LogP contribution in [0.15, 0.2) is 42.5 Å². The van der Waals surface area contributed by atoms with Crippen LogP contribution in [0, 0.1) is 0 Å². The van der Waals surface area contributed by atoms with Crippen LogP contribution in [0.5, 0.6) is 5.75 Å². The van der Waals surface area contributed by atoms with E-state index in [0.29, 0.717) is 22.4 Å². The second kappa shape index (κ2) is 8.38. The van der Waals surface area contributed by atoms with E-state index in [9.17, 15) is 0 Å². The van der Waals surface area contributed by atoms with Crippen molar-refractivity contribution in [1.29, 1.82) is 0 Å². The normalized spacial score (nSPS) is 9.95. The molecule has 5 heteroatoms. The third-order valence-corrected chi connectivity index (χ3v) is 3.23. The molecule has 108 valence electrons. The lowest BCUT2D eigenvalue weighted by Gasteiger charge is -2.12. The SMILES string of the molecule is CNCc1cc(Cl)c(OCc2ccccc2)c(Cl)c1.Cl. The zero-order valence-corrected chi connectivity index (χ0v) is 13.4. The Kier molecular flexibility index (Phi) is 7.17. The predicted octanol–water partition coefficient (Wildman–Crippen LogP) is 4.71. The number of halogens is 3. The molecule has 0 aliphatic heterocycles. The molecule has 0 fully saturated rings. The summed E-state index contributed by atoms with van der Waals surface area (Å²) in [6.45, 7) is 1.17. The van der Waals surface area contributed by atoms with Gasteiger partial charge in [0, 0.05) is 6.54 Å². The third-order valence-electron chi connectivity index (χ3n) is 2.66. The van der Waals surface area contributed by atoms with Crippen LogP contribution in [-0.2, 0) is 13.2 Å². The Hall–Kier alpha value is -0.930. The molecular weight excluding hydrogens is 317 g/mol. The molecule has 0 aromatic heterocycles. The van der Waals surface area contributed by atoms with Crippen molar-refractivity contribution in [1.82, 2.24) is 5.32 Å². The molecule has 0 bridgehead atoms. The second-order valence-electron chi connectivity index (χ2n) is 4.19. The van der Waals surface area contributed by atoms with Gasteiger partial charge in [-0.15, -0.1) is 12.4 Å². The fourth-order valence-corrected chi connectivity index (χ4v) is 2.43. The highest BCUT2D eigenvalue weighted by atomic mass is 35.5. The van der Waals surface area contributed by atoms with Gasteiger partial charge in [0.15, 0.2) is 5.75 Å². The van der Waals surface area contributed by atoms with Crippen LogP contribution in [0.3, 0.4) is 0 Å². The number of nitrogens with one attached hydrogen (secondary N) is 1. The highest BCUT2D eigenvalue weighted by Crippen LogP contribution is 2.34. The van der Waals surface area contributed by atoms with Gasteiger partial charge in [-0.25, -0.2) is 0 Å². The van der Waals surface area contributed by atoms with Crippen LogP contribution in [0.4, 0.5) is 0 Å². The van der Waals surface area contributed by atoms with E-state index in [1.54, 1.807) is 0 Å². The number of benzene rings is 2. The Labute approximate surface area is 135 Å². The monoisotopic (exact) mass is 331 g/mol. The van der Waals surface area contributed by atoms with Crippen molar-refractivity contribution in [2.24, 2.45) is 0 Å². The molecule has 0 saturated heterocycles. The van der Waals surface area contributed by atoms with E-state index in [1.807, 2.05) is 49.5 Å². The molecule has 0 unspecified atom stereocenters. The molecular formula is C15H16Cl3NO. The summed E-state index contributed by atoms with van der Waals surface area (Å²) in [5, 5.41) is 4.13. The van der Waals surface area contributed by atoms with Crippen molar-refractivity contribution in [3.8, 4) is 5.75 Å². The van der Waals surface area contributed by atoms with Gasteiger partial charge >= 0.3 is 0 Å². The van der Waals surface area contributed by atoms with Gasteiger partial charge in [-0.2, -0.15) is 0 Å². The average molecular weight is 333 g/mol. The van der Waals surface area contributed by atoms with Crippen molar-refractivity contribution < 1.29 is 4.74 Å². The van der Waals surface area contributed by atoms with Gasteiger partial charge in [0.25, 0.3) is 0 Å². The molecule has 0 radical (unpaired) electrons. The van der Waals surface area contributed by atoms with E-state index >= 15 is 0 Å². The van der Waals surface area contributed by atoms with Gasteiger partial charge in [0.05, 0.1) is 10.0 Å². The first-order chi connectivity index (χ1) is 9.20. The van der Waals surface area contributed by atoms with Gasteiger partial charge < -0.3 is 10.1 Å². The molecule has 2 aromatic rings. The standard InChI is InChI=1S/C15H15Cl2NO.ClH/c1-18-9-12-7-13(16)15(14(17)8-12)19-10-11-5-3-2-4-6-11;/h2-8,18H,9-10H2,1H3;1H. The number of hydrogen-bond donors (Lipinski definition) is 1. The largest absolute Gasteiger partial charge is 0.486 e. The molecule has 2 nitrogen and oxygen atoms in total. The number of rotatable bonds is 5. The van der Waals surface area contributed by atoms with Crippen LogP contribution < -0.4 is 10.1 Å². The Bertz CT molecular complexity index is 523. The lowest BCUT2D eigenvalue weighted by atomic mass is 10.2. The van der Waals surface area contributed by atoms with Gasteiger partial charge in [-0.1, -0.05) is 53.5 Å². The maximum atomic E-state index is 6.20. The van der Waals surface area contributed by atoms with Crippen molar-refractivity contribution in [2.45, 2.75) is 13.2 Å². The number of ether oxygens (including phenoxy) is 1. The summed E-state index contributed by atoms with van der Waals surface area (Å²) in [5.74, 6) is 0.534. The van der Waals surface area contributed by atoms with E-state index in [-0.39, 0.29) is 12.4 Å². The fourth-order valence-electron chi connectivity index (χ4n) is 1.79. The summed E-state index contributed by atoms with van der Waals surface area (Å²) in [6.07, 6.45) is 0. The lowest BCUT2D eigenvalue weighted by molar-refractivity contribution is 0.306. The smallest absolute Gasteiger partial charge is 0.156 e. The van der Waals surface area contributed by atoms with Gasteiger partial charge in [-0.05, 0) is 30.3 Å². The quantitative estimate of drug-likeness (QED) is 0.856. The summed E-state index contributed by atoms with van der Waals surface area (Å²) >= 11 is 12.4. The molecule has 20 heavy (non-hydrogen) atoms. The molecule has 0 atom stereocenters. The van der Waals surface area contributed by atoms with Crippen LogP contribution in [0.25, 0.3) is 0 Å². The summed E-state index contributed by atoms with van der Waals surface area (Å²) in [6, 6.07) is 13.6. The van der Waals surface area contributed by atoms with Gasteiger partial charge in [0.2, 0.25) is 0 Å². The minimum Gasteiger partial charge on any atom is -0.486 e. The maximum Gasteiger partial charge on any atom is 0.156 e. The van der Waals surface area contributed by atoms with Gasteiger partial charge in [0.1, 0.15) is 6.61 Å². The molecule has 2 aromatic carbocycles. The molecule has 0 aliphatic rings. The molecule has 2 rings (SSSR count). The van der Waals surface area contributed by atoms with Crippen molar-refractivity contribution >= 4 is 35.6 Å². The lowest BCUT2D eigenvalue weighted by Crippen LogP contribution is -2.05. The zero-order valence-electron chi connectivity index (χ0n) is 11.0. The van der Waals surface area contributed by atoms with Gasteiger partial charge in [-0.3, -0.25) is 0 Å². The number of hydrogen-bond acceptors (Lipinski definition) is 2. The Morgan fingerprint density at radius 2 is 1.60 bits per heavy atom. The summed E-state index contributed by atoms with van der Waals surface area (Å²) in [7, 11) is 1.88. The van der Waals surface area contributed by atoms with E-state index in [2.05, 4.69) is 5.32 Å². The van der Waals surface area contributed by atoms with E-state index in [4.69, 9.17) is 27.9 Å². The molecule has 0 amide bonds. The summed E-state index contributed by atoms with van der Waals surface area (Å²) in [4.78, 5) is 0. The zero-order chi connectivity index (χ0) is 13.7. The van der Waals surface area contributed by atoms with E-state index in [1.165, 1.54) is 0 Å². The third kappa shape index (κ3) is 4.57. The van der Waals surface area contributed by atoms with Crippen LogP contribution in [0.1, 0.15) is 11.1 Å². The maximum absolute atomic E-state index is 6.20. The minimum atomic E-state index is 0. The minimum absolute atomic E-state index is 0. The van der Waals surface area contributed by atoms with E-state index < -0.39 is 0 Å². The van der Waals surface area contributed by atoms with Crippen LogP contribution in [-0.4, -0.2) is 7.05 Å². The highest BCUT2D eigenvalue weighted by molar-refractivity contribution is 6.37. The molecule has 0 heterocycles. The fraction of sp³-hybridized carbons (Fsp3) is 0.200. The molecule has 0 saturated carbocycles. The Balaban J connectivity index is 0.00000200. The average Bonchev–Trinajstić information content (AvgIpc) is 2.39. The Morgan fingerprint density at radius 1 is 1.00 bits per heavy atom. The van der Waals surface area contributed by atoms with Crippen molar-refractivity contribution in [3.05, 3.63) is 63.6 Å². The first kappa shape index (κ1) is 17.1. The Morgan fingerprint density at radius 3 is 2.15 bits per heavy atom. The summed E-state index contributed by atoms with van der Waals surface area (Å²) in [5.41, 5.74) is 2.11. The first-order valence-electron chi connectivity index (χ1n) is 6.00. The molecule has 1 N–H and O–H groups in total. The van der Waals surface area contributed by atoms with Crippen molar-refractivity contribution in [3.63, 3.8) is 0 Å². The summed E-state index contributed by atoms with van der Waals surface area (Å²) < 4.78 is 5.70. The molecule has 0 spiro atoms. The van der Waals surface area contributed by atoms with E-state index in [0.717, 1.165) is 17.7 Å². The topological polar surface area (TPSA) is 21.3 Å². The predicted molar refractivity (Wildman–Crippen MR) is 87.2 cm³/mol. The van der Waals surface area contributed by atoms with Crippen LogP contribution in [0.2, 0.25) is 10.0 Å². The van der Waals surface area contributed by atoms with Crippen LogP contribution >= 0.6 is 35.6 Å². The molecule has 0 aliphatic carbocycles. The second-order valence-corrected chi connectivity index (χ2v) is 5.01. The van der Waals surface area contributed by atoms with Crippen molar-refractivity contribution in [2.75, 3.05) is 7.05 Å². The first-order valence-corrected chi connectivity index (χ1v) is 6.75. The highest BCUT2D eigenvalue weighted by Gasteiger charge is 2.09.